The minimum Gasteiger partial charge on any atom is -0.469 e. The second-order valence-electron chi connectivity index (χ2n) is 7.59. The maximum atomic E-state index is 12.1. The second kappa shape index (κ2) is 7.51. The van der Waals surface area contributed by atoms with Crippen LogP contribution in [0.15, 0.2) is 0 Å². The maximum Gasteiger partial charge on any atom is 0.410 e. The number of hydrogen-bond donors (Lipinski definition) is 1. The van der Waals surface area contributed by atoms with E-state index in [4.69, 9.17) is 9.47 Å². The molecule has 2 heterocycles. The number of carbonyl (C=O) groups excluding carboxylic acids is 2. The Labute approximate surface area is 138 Å². The third kappa shape index (κ3) is 4.83. The predicted molar refractivity (Wildman–Crippen MR) is 87.0 cm³/mol. The standard InChI is InChI=1S/C17H30N2O4/c1-17(2,3)23-16(21)19-9-6-12(7-10-19)14-11-18-8-5-13(14)15(20)22-4/h12-14,18H,5-11H2,1-4H3. The van der Waals surface area contributed by atoms with Crippen LogP contribution in [0.3, 0.4) is 0 Å². The van der Waals surface area contributed by atoms with Crippen molar-refractivity contribution in [1.29, 1.82) is 0 Å². The molecule has 0 aromatic carbocycles. The number of nitrogens with one attached hydrogen (secondary N) is 1. The molecule has 2 aliphatic heterocycles. The summed E-state index contributed by atoms with van der Waals surface area (Å²) in [4.78, 5) is 25.9. The van der Waals surface area contributed by atoms with Gasteiger partial charge in [-0.05, 0) is 65.0 Å². The first kappa shape index (κ1) is 18.0. The van der Waals surface area contributed by atoms with Crippen LogP contribution >= 0.6 is 0 Å². The molecule has 2 unspecified atom stereocenters. The molecule has 0 aromatic rings. The van der Waals surface area contributed by atoms with Crippen LogP contribution in [0.4, 0.5) is 4.79 Å². The quantitative estimate of drug-likeness (QED) is 0.787. The highest BCUT2D eigenvalue weighted by molar-refractivity contribution is 5.73. The van der Waals surface area contributed by atoms with Gasteiger partial charge in [-0.2, -0.15) is 0 Å². The molecule has 6 heteroatoms. The number of carbonyl (C=O) groups is 2. The summed E-state index contributed by atoms with van der Waals surface area (Å²) in [5.41, 5.74) is -0.461. The molecule has 2 fully saturated rings. The third-order valence-corrected chi connectivity index (χ3v) is 4.83. The molecule has 6 nitrogen and oxygen atoms in total. The Morgan fingerprint density at radius 2 is 1.78 bits per heavy atom. The molecule has 0 aliphatic carbocycles. The highest BCUT2D eigenvalue weighted by Gasteiger charge is 2.39. The molecule has 0 spiro atoms. The molecule has 0 saturated carbocycles. The number of rotatable bonds is 2. The maximum absolute atomic E-state index is 12.1. The zero-order valence-corrected chi connectivity index (χ0v) is 14.8. The van der Waals surface area contributed by atoms with Gasteiger partial charge in [0.25, 0.3) is 0 Å². The fraction of sp³-hybridized carbons (Fsp3) is 0.882. The average molecular weight is 326 g/mol. The van der Waals surface area contributed by atoms with Crippen LogP contribution in [-0.2, 0) is 14.3 Å². The summed E-state index contributed by atoms with van der Waals surface area (Å²) in [6.07, 6.45) is 2.43. The summed E-state index contributed by atoms with van der Waals surface area (Å²) in [5.74, 6) is 0.646. The minimum absolute atomic E-state index is 0.0145. The van der Waals surface area contributed by atoms with E-state index in [-0.39, 0.29) is 18.0 Å². The van der Waals surface area contributed by atoms with Crippen molar-refractivity contribution in [3.8, 4) is 0 Å². The average Bonchev–Trinajstić information content (AvgIpc) is 2.52. The Morgan fingerprint density at radius 1 is 1.13 bits per heavy atom. The number of methoxy groups -OCH3 is 1. The molecular weight excluding hydrogens is 296 g/mol. The number of piperidine rings is 2. The van der Waals surface area contributed by atoms with Crippen molar-refractivity contribution < 1.29 is 19.1 Å². The Bertz CT molecular complexity index is 425. The largest absolute Gasteiger partial charge is 0.469 e. The van der Waals surface area contributed by atoms with E-state index in [0.29, 0.717) is 24.9 Å². The summed E-state index contributed by atoms with van der Waals surface area (Å²) >= 11 is 0. The molecule has 1 amide bonds. The Morgan fingerprint density at radius 3 is 2.35 bits per heavy atom. The van der Waals surface area contributed by atoms with E-state index in [2.05, 4.69) is 5.32 Å². The van der Waals surface area contributed by atoms with Crippen molar-refractivity contribution in [1.82, 2.24) is 10.2 Å². The van der Waals surface area contributed by atoms with Crippen molar-refractivity contribution in [2.75, 3.05) is 33.3 Å². The number of likely N-dealkylation sites (tertiary alicyclic amines) is 1. The van der Waals surface area contributed by atoms with Crippen molar-refractivity contribution in [2.24, 2.45) is 17.8 Å². The lowest BCUT2D eigenvalue weighted by molar-refractivity contribution is -0.149. The van der Waals surface area contributed by atoms with Crippen molar-refractivity contribution >= 4 is 12.1 Å². The molecule has 0 bridgehead atoms. The van der Waals surface area contributed by atoms with Gasteiger partial charge in [0, 0.05) is 13.1 Å². The van der Waals surface area contributed by atoms with Crippen LogP contribution in [0, 0.1) is 17.8 Å². The van der Waals surface area contributed by atoms with Crippen LogP contribution in [0.5, 0.6) is 0 Å². The molecule has 132 valence electrons. The van der Waals surface area contributed by atoms with E-state index in [1.807, 2.05) is 20.8 Å². The zero-order valence-electron chi connectivity index (χ0n) is 14.8. The minimum atomic E-state index is -0.461. The van der Waals surface area contributed by atoms with Gasteiger partial charge >= 0.3 is 12.1 Å². The van der Waals surface area contributed by atoms with E-state index in [0.717, 1.165) is 32.4 Å². The molecule has 0 radical (unpaired) electrons. The molecular formula is C17H30N2O4. The van der Waals surface area contributed by atoms with E-state index in [9.17, 15) is 9.59 Å². The van der Waals surface area contributed by atoms with Crippen molar-refractivity contribution in [3.05, 3.63) is 0 Å². The van der Waals surface area contributed by atoms with Gasteiger partial charge in [0.1, 0.15) is 5.60 Å². The molecule has 2 aliphatic rings. The van der Waals surface area contributed by atoms with Gasteiger partial charge in [0.15, 0.2) is 0 Å². The second-order valence-corrected chi connectivity index (χ2v) is 7.59. The van der Waals surface area contributed by atoms with E-state index in [1.165, 1.54) is 7.11 Å². The lowest BCUT2D eigenvalue weighted by Crippen LogP contribution is -2.48. The SMILES string of the molecule is COC(=O)C1CCNCC1C1CCN(C(=O)OC(C)(C)C)CC1. The first-order valence-corrected chi connectivity index (χ1v) is 8.58. The van der Waals surface area contributed by atoms with Gasteiger partial charge in [0.05, 0.1) is 13.0 Å². The van der Waals surface area contributed by atoms with Gasteiger partial charge in [-0.25, -0.2) is 4.79 Å². The highest BCUT2D eigenvalue weighted by Crippen LogP contribution is 2.34. The lowest BCUT2D eigenvalue weighted by atomic mass is 9.74. The summed E-state index contributed by atoms with van der Waals surface area (Å²) in [6, 6.07) is 0. The summed E-state index contributed by atoms with van der Waals surface area (Å²) in [7, 11) is 1.46. The fourth-order valence-corrected chi connectivity index (χ4v) is 3.66. The smallest absolute Gasteiger partial charge is 0.410 e. The Hall–Kier alpha value is -1.30. The van der Waals surface area contributed by atoms with Gasteiger partial charge in [0.2, 0.25) is 0 Å². The van der Waals surface area contributed by atoms with Crippen molar-refractivity contribution in [2.45, 2.75) is 45.6 Å². The third-order valence-electron chi connectivity index (χ3n) is 4.83. The highest BCUT2D eigenvalue weighted by atomic mass is 16.6. The van der Waals surface area contributed by atoms with E-state index >= 15 is 0 Å². The first-order valence-electron chi connectivity index (χ1n) is 8.58. The molecule has 2 saturated heterocycles. The molecule has 2 atom stereocenters. The molecule has 23 heavy (non-hydrogen) atoms. The topological polar surface area (TPSA) is 67.9 Å². The summed E-state index contributed by atoms with van der Waals surface area (Å²) in [6.45, 7) is 8.77. The summed E-state index contributed by atoms with van der Waals surface area (Å²) in [5, 5.41) is 3.39. The van der Waals surface area contributed by atoms with Crippen LogP contribution < -0.4 is 5.32 Å². The van der Waals surface area contributed by atoms with Crippen LogP contribution in [-0.4, -0.2) is 55.9 Å². The lowest BCUT2D eigenvalue weighted by Gasteiger charge is -2.40. The van der Waals surface area contributed by atoms with Gasteiger partial charge < -0.3 is 19.7 Å². The molecule has 2 rings (SSSR count). The first-order chi connectivity index (χ1) is 10.8. The van der Waals surface area contributed by atoms with Crippen LogP contribution in [0.1, 0.15) is 40.0 Å². The van der Waals surface area contributed by atoms with Crippen LogP contribution in [0.2, 0.25) is 0 Å². The fourth-order valence-electron chi connectivity index (χ4n) is 3.66. The van der Waals surface area contributed by atoms with Crippen molar-refractivity contribution in [3.63, 3.8) is 0 Å². The normalized spacial score (nSPS) is 26.7. The van der Waals surface area contributed by atoms with E-state index < -0.39 is 5.60 Å². The number of hydrogen-bond acceptors (Lipinski definition) is 5. The zero-order chi connectivity index (χ0) is 17.0. The number of esters is 1. The Balaban J connectivity index is 1.90. The van der Waals surface area contributed by atoms with Gasteiger partial charge in [-0.15, -0.1) is 0 Å². The molecule has 1 N–H and O–H groups in total. The molecule has 0 aromatic heterocycles. The van der Waals surface area contributed by atoms with Gasteiger partial charge in [-0.1, -0.05) is 0 Å². The predicted octanol–water partition coefficient (Wildman–Crippen LogP) is 2.03. The monoisotopic (exact) mass is 326 g/mol. The Kier molecular flexibility index (Phi) is 5.89. The van der Waals surface area contributed by atoms with Gasteiger partial charge in [-0.3, -0.25) is 4.79 Å². The number of nitrogens with zero attached hydrogens (tertiary/aromatic N) is 1. The number of amides is 1. The number of ether oxygens (including phenoxy) is 2. The van der Waals surface area contributed by atoms with E-state index in [1.54, 1.807) is 4.90 Å². The summed E-state index contributed by atoms with van der Waals surface area (Å²) < 4.78 is 10.4. The van der Waals surface area contributed by atoms with Crippen LogP contribution in [0.25, 0.3) is 0 Å².